The fourth-order valence-corrected chi connectivity index (χ4v) is 5.79. The van der Waals surface area contributed by atoms with E-state index in [1.54, 1.807) is 18.4 Å². The number of allylic oxidation sites excluding steroid dienone is 1. The van der Waals surface area contributed by atoms with Gasteiger partial charge in [-0.2, -0.15) is 0 Å². The molecule has 0 spiro atoms. The molecule has 1 unspecified atom stereocenters. The Morgan fingerprint density at radius 3 is 2.41 bits per heavy atom. The number of nitrogens with zero attached hydrogens (tertiary/aromatic N) is 2. The molecular formula is C33H32N2O5S. The second-order valence-electron chi connectivity index (χ2n) is 9.63. The Balaban J connectivity index is 1.56. The lowest BCUT2D eigenvalue weighted by Gasteiger charge is -2.24. The summed E-state index contributed by atoms with van der Waals surface area (Å²) in [6.45, 7) is 8.58. The maximum absolute atomic E-state index is 13.9. The second-order valence-corrected chi connectivity index (χ2v) is 10.6. The van der Waals surface area contributed by atoms with Gasteiger partial charge in [0.25, 0.3) is 5.56 Å². The van der Waals surface area contributed by atoms with Gasteiger partial charge in [-0.05, 0) is 62.6 Å². The van der Waals surface area contributed by atoms with E-state index in [4.69, 9.17) is 14.2 Å². The highest BCUT2D eigenvalue weighted by atomic mass is 32.1. The van der Waals surface area contributed by atoms with Crippen molar-refractivity contribution < 1.29 is 19.0 Å². The first-order valence-electron chi connectivity index (χ1n) is 13.6. The van der Waals surface area contributed by atoms with Crippen LogP contribution in [0.15, 0.2) is 93.9 Å². The van der Waals surface area contributed by atoms with Crippen LogP contribution in [0.5, 0.6) is 11.5 Å². The van der Waals surface area contributed by atoms with Crippen molar-refractivity contribution in [2.24, 2.45) is 4.99 Å². The number of fused-ring (bicyclic) bond motifs is 1. The van der Waals surface area contributed by atoms with Crippen molar-refractivity contribution >= 4 is 23.4 Å². The molecule has 0 saturated carbocycles. The number of hydrogen-bond acceptors (Lipinski definition) is 7. The third-order valence-corrected chi connectivity index (χ3v) is 7.70. The molecule has 0 aliphatic carbocycles. The lowest BCUT2D eigenvalue weighted by molar-refractivity contribution is -0.139. The van der Waals surface area contributed by atoms with Gasteiger partial charge in [0, 0.05) is 0 Å². The minimum Gasteiger partial charge on any atom is -0.490 e. The molecule has 1 aliphatic rings. The van der Waals surface area contributed by atoms with Crippen LogP contribution in [0.3, 0.4) is 0 Å². The molecule has 2 heterocycles. The van der Waals surface area contributed by atoms with Crippen LogP contribution < -0.4 is 24.4 Å². The molecule has 8 heteroatoms. The number of rotatable bonds is 9. The Morgan fingerprint density at radius 2 is 1.71 bits per heavy atom. The summed E-state index contributed by atoms with van der Waals surface area (Å²) in [5.74, 6) is 0.757. The minimum atomic E-state index is -0.638. The van der Waals surface area contributed by atoms with Gasteiger partial charge in [0.1, 0.15) is 6.61 Å². The van der Waals surface area contributed by atoms with Gasteiger partial charge < -0.3 is 14.2 Å². The van der Waals surface area contributed by atoms with Crippen LogP contribution in [-0.2, 0) is 16.1 Å². The quantitative estimate of drug-likeness (QED) is 0.263. The van der Waals surface area contributed by atoms with E-state index in [9.17, 15) is 9.59 Å². The highest BCUT2D eigenvalue weighted by Crippen LogP contribution is 2.32. The van der Waals surface area contributed by atoms with E-state index in [1.165, 1.54) is 11.3 Å². The molecule has 1 aromatic heterocycles. The number of ether oxygens (including phenoxy) is 3. The standard InChI is InChI=1S/C33H32N2O5S/c1-5-38-27-18-24(14-17-26(27)40-20-23-10-8-7-9-11-23)19-28-31(36)35-30(25-15-12-21(3)13-16-25)29(32(37)39-6-2)22(4)34-33(35)41-28/h7-19,30H,5-6,20H2,1-4H3/b28-19+. The third kappa shape index (κ3) is 6.02. The smallest absolute Gasteiger partial charge is 0.338 e. The lowest BCUT2D eigenvalue weighted by atomic mass is 9.95. The molecule has 0 bridgehead atoms. The van der Waals surface area contributed by atoms with Crippen molar-refractivity contribution in [3.8, 4) is 11.5 Å². The second kappa shape index (κ2) is 12.4. The van der Waals surface area contributed by atoms with Crippen molar-refractivity contribution in [1.82, 2.24) is 4.57 Å². The molecule has 5 rings (SSSR count). The fraction of sp³-hybridized carbons (Fsp3) is 0.242. The normalized spacial score (nSPS) is 14.8. The number of aromatic nitrogens is 1. The van der Waals surface area contributed by atoms with Gasteiger partial charge in [-0.25, -0.2) is 9.79 Å². The van der Waals surface area contributed by atoms with Crippen LogP contribution in [0.25, 0.3) is 6.08 Å². The number of esters is 1. The third-order valence-electron chi connectivity index (χ3n) is 6.71. The van der Waals surface area contributed by atoms with Crippen LogP contribution in [0.1, 0.15) is 49.1 Å². The maximum Gasteiger partial charge on any atom is 0.338 e. The Labute approximate surface area is 242 Å². The van der Waals surface area contributed by atoms with Crippen LogP contribution in [0.4, 0.5) is 0 Å². The molecule has 0 fully saturated rings. The summed E-state index contributed by atoms with van der Waals surface area (Å²) in [4.78, 5) is 32.1. The van der Waals surface area contributed by atoms with Gasteiger partial charge in [0.05, 0.1) is 35.1 Å². The van der Waals surface area contributed by atoms with Crippen LogP contribution in [-0.4, -0.2) is 23.8 Å². The van der Waals surface area contributed by atoms with Crippen molar-refractivity contribution in [2.75, 3.05) is 13.2 Å². The Morgan fingerprint density at radius 1 is 0.951 bits per heavy atom. The molecular weight excluding hydrogens is 536 g/mol. The van der Waals surface area contributed by atoms with E-state index in [2.05, 4.69) is 4.99 Å². The first-order valence-corrected chi connectivity index (χ1v) is 14.4. The molecule has 0 N–H and O–H groups in total. The summed E-state index contributed by atoms with van der Waals surface area (Å²) in [5, 5.41) is 0. The van der Waals surface area contributed by atoms with Gasteiger partial charge in [0.2, 0.25) is 0 Å². The molecule has 4 aromatic rings. The van der Waals surface area contributed by atoms with Gasteiger partial charge >= 0.3 is 5.97 Å². The number of carbonyl (C=O) groups is 1. The first-order chi connectivity index (χ1) is 19.9. The van der Waals surface area contributed by atoms with Crippen molar-refractivity contribution in [1.29, 1.82) is 0 Å². The van der Waals surface area contributed by atoms with E-state index in [1.807, 2.05) is 92.7 Å². The zero-order valence-electron chi connectivity index (χ0n) is 23.5. The molecule has 0 radical (unpaired) electrons. The maximum atomic E-state index is 13.9. The average molecular weight is 569 g/mol. The largest absolute Gasteiger partial charge is 0.490 e. The molecule has 3 aromatic carbocycles. The molecule has 0 saturated heterocycles. The van der Waals surface area contributed by atoms with E-state index in [0.717, 1.165) is 22.3 Å². The Kier molecular flexibility index (Phi) is 8.50. The van der Waals surface area contributed by atoms with Gasteiger partial charge in [0.15, 0.2) is 16.3 Å². The number of benzene rings is 3. The van der Waals surface area contributed by atoms with Crippen molar-refractivity contribution in [3.05, 3.63) is 126 Å². The van der Waals surface area contributed by atoms with Crippen molar-refractivity contribution in [2.45, 2.75) is 40.3 Å². The summed E-state index contributed by atoms with van der Waals surface area (Å²) >= 11 is 1.29. The van der Waals surface area contributed by atoms with E-state index in [-0.39, 0.29) is 12.2 Å². The SMILES string of the molecule is CCOC(=O)C1=C(C)N=c2s/c(=C/c3ccc(OCc4ccccc4)c(OCC)c3)c(=O)n2C1c1ccc(C)cc1. The van der Waals surface area contributed by atoms with Gasteiger partial charge in [-0.15, -0.1) is 0 Å². The molecule has 1 atom stereocenters. The predicted molar refractivity (Wildman–Crippen MR) is 160 cm³/mol. The topological polar surface area (TPSA) is 79.1 Å². The minimum absolute atomic E-state index is 0.226. The van der Waals surface area contributed by atoms with Crippen LogP contribution in [0.2, 0.25) is 0 Å². The molecule has 0 amide bonds. The number of hydrogen-bond donors (Lipinski definition) is 0. The summed E-state index contributed by atoms with van der Waals surface area (Å²) in [5.41, 5.74) is 4.43. The molecule has 210 valence electrons. The monoisotopic (exact) mass is 568 g/mol. The predicted octanol–water partition coefficient (Wildman–Crippen LogP) is 5.08. The summed E-state index contributed by atoms with van der Waals surface area (Å²) < 4.78 is 19.4. The van der Waals surface area contributed by atoms with E-state index < -0.39 is 12.0 Å². The van der Waals surface area contributed by atoms with Gasteiger partial charge in [-0.1, -0.05) is 77.6 Å². The molecule has 7 nitrogen and oxygen atoms in total. The first kappa shape index (κ1) is 28.1. The highest BCUT2D eigenvalue weighted by molar-refractivity contribution is 7.07. The zero-order valence-corrected chi connectivity index (χ0v) is 24.4. The van der Waals surface area contributed by atoms with Crippen LogP contribution in [0, 0.1) is 6.92 Å². The molecule has 41 heavy (non-hydrogen) atoms. The summed E-state index contributed by atoms with van der Waals surface area (Å²) in [6.07, 6.45) is 1.82. The molecule has 1 aliphatic heterocycles. The van der Waals surface area contributed by atoms with E-state index >= 15 is 0 Å². The summed E-state index contributed by atoms with van der Waals surface area (Å²) in [6, 6.07) is 22.7. The van der Waals surface area contributed by atoms with Gasteiger partial charge in [-0.3, -0.25) is 9.36 Å². The number of carbonyl (C=O) groups excluding carboxylic acids is 1. The zero-order chi connectivity index (χ0) is 28.9. The average Bonchev–Trinajstić information content (AvgIpc) is 3.27. The van der Waals surface area contributed by atoms with Crippen LogP contribution >= 0.6 is 11.3 Å². The fourth-order valence-electron chi connectivity index (χ4n) is 4.74. The Hall–Kier alpha value is -4.43. The Bertz CT molecular complexity index is 1770. The summed E-state index contributed by atoms with van der Waals surface area (Å²) in [7, 11) is 0. The number of thiazole rings is 1. The highest BCUT2D eigenvalue weighted by Gasteiger charge is 2.33. The van der Waals surface area contributed by atoms with Crippen molar-refractivity contribution in [3.63, 3.8) is 0 Å². The lowest BCUT2D eigenvalue weighted by Crippen LogP contribution is -2.39. The number of aryl methyl sites for hydroxylation is 1. The van der Waals surface area contributed by atoms with E-state index in [0.29, 0.717) is 45.3 Å².